The smallest absolute Gasteiger partial charge is 0.251 e. The average Bonchev–Trinajstić information content (AvgIpc) is 3.26. The van der Waals surface area contributed by atoms with Crippen LogP contribution in [-0.4, -0.2) is 41.0 Å². The van der Waals surface area contributed by atoms with E-state index in [1.165, 1.54) is 31.0 Å². The van der Waals surface area contributed by atoms with E-state index >= 15 is 0 Å². The molecular formula is C22H27ClFN5O. The number of amides is 1. The Morgan fingerprint density at radius 3 is 2.50 bits per heavy atom. The van der Waals surface area contributed by atoms with Gasteiger partial charge >= 0.3 is 0 Å². The third-order valence-corrected chi connectivity index (χ3v) is 6.14. The van der Waals surface area contributed by atoms with Gasteiger partial charge in [-0.1, -0.05) is 11.6 Å². The molecule has 2 heterocycles. The molecule has 0 atom stereocenters. The Hall–Kier alpha value is -2.41. The monoisotopic (exact) mass is 431 g/mol. The Kier molecular flexibility index (Phi) is 6.37. The number of carbonyl (C=O) groups excluding carboxylic acids is 1. The van der Waals surface area contributed by atoms with Gasteiger partial charge in [0.25, 0.3) is 5.91 Å². The fourth-order valence-corrected chi connectivity index (χ4v) is 4.41. The van der Waals surface area contributed by atoms with Gasteiger partial charge in [0.05, 0.1) is 5.02 Å². The zero-order valence-electron chi connectivity index (χ0n) is 17.1. The maximum Gasteiger partial charge on any atom is 0.251 e. The molecule has 160 valence electrons. The first-order chi connectivity index (χ1) is 14.5. The van der Waals surface area contributed by atoms with Crippen molar-refractivity contribution < 1.29 is 9.18 Å². The van der Waals surface area contributed by atoms with Crippen LogP contribution in [0.5, 0.6) is 0 Å². The lowest BCUT2D eigenvalue weighted by Gasteiger charge is -2.30. The van der Waals surface area contributed by atoms with Gasteiger partial charge in [-0.3, -0.25) is 4.79 Å². The van der Waals surface area contributed by atoms with Crippen molar-refractivity contribution >= 4 is 29.1 Å². The quantitative estimate of drug-likeness (QED) is 0.737. The van der Waals surface area contributed by atoms with Crippen molar-refractivity contribution in [2.45, 2.75) is 57.5 Å². The topological polar surface area (TPSA) is 70.2 Å². The van der Waals surface area contributed by atoms with E-state index in [1.54, 1.807) is 0 Å². The first-order valence-electron chi connectivity index (χ1n) is 10.6. The van der Waals surface area contributed by atoms with Crippen LogP contribution >= 0.6 is 11.6 Å². The van der Waals surface area contributed by atoms with Gasteiger partial charge in [0.15, 0.2) is 0 Å². The molecule has 0 bridgehead atoms. The number of anilines is 2. The highest BCUT2D eigenvalue weighted by molar-refractivity contribution is 6.31. The van der Waals surface area contributed by atoms with Crippen molar-refractivity contribution in [2.75, 3.05) is 23.3 Å². The number of halogens is 2. The number of hydrogen-bond donors (Lipinski definition) is 2. The van der Waals surface area contributed by atoms with E-state index in [2.05, 4.69) is 25.5 Å². The summed E-state index contributed by atoms with van der Waals surface area (Å²) < 4.78 is 13.3. The largest absolute Gasteiger partial charge is 0.367 e. The van der Waals surface area contributed by atoms with Crippen molar-refractivity contribution in [3.63, 3.8) is 0 Å². The minimum absolute atomic E-state index is 0.0380. The molecule has 0 radical (unpaired) electrons. The molecule has 1 amide bonds. The summed E-state index contributed by atoms with van der Waals surface area (Å²) >= 11 is 5.78. The normalized spacial score (nSPS) is 21.5. The molecule has 1 aromatic heterocycles. The summed E-state index contributed by atoms with van der Waals surface area (Å²) in [6, 6.07) is 6.52. The van der Waals surface area contributed by atoms with Crippen LogP contribution in [0.25, 0.3) is 0 Å². The molecule has 6 nitrogen and oxygen atoms in total. The first kappa shape index (κ1) is 20.8. The second-order valence-electron chi connectivity index (χ2n) is 8.15. The van der Waals surface area contributed by atoms with Crippen LogP contribution in [-0.2, 0) is 0 Å². The summed E-state index contributed by atoms with van der Waals surface area (Å²) in [6.45, 7) is 4.04. The highest BCUT2D eigenvalue weighted by Gasteiger charge is 2.24. The zero-order chi connectivity index (χ0) is 21.1. The Bertz CT molecular complexity index is 910. The molecule has 4 rings (SSSR count). The van der Waals surface area contributed by atoms with Crippen molar-refractivity contribution in [1.82, 2.24) is 15.3 Å². The van der Waals surface area contributed by atoms with E-state index in [0.29, 0.717) is 11.6 Å². The Morgan fingerprint density at radius 2 is 1.80 bits per heavy atom. The van der Waals surface area contributed by atoms with Crippen molar-refractivity contribution in [2.24, 2.45) is 0 Å². The van der Waals surface area contributed by atoms with Crippen LogP contribution in [0.4, 0.5) is 16.0 Å². The van der Waals surface area contributed by atoms with Gasteiger partial charge in [-0.2, -0.15) is 0 Å². The van der Waals surface area contributed by atoms with Gasteiger partial charge in [-0.25, -0.2) is 14.4 Å². The van der Waals surface area contributed by atoms with Crippen LogP contribution in [0.15, 0.2) is 24.3 Å². The fourth-order valence-electron chi connectivity index (χ4n) is 4.23. The number of benzene rings is 1. The van der Waals surface area contributed by atoms with Gasteiger partial charge in [-0.05, 0) is 63.6 Å². The number of nitrogens with one attached hydrogen (secondary N) is 2. The number of carbonyl (C=O) groups is 1. The molecule has 1 saturated carbocycles. The van der Waals surface area contributed by atoms with E-state index in [-0.39, 0.29) is 17.0 Å². The maximum atomic E-state index is 13.3. The van der Waals surface area contributed by atoms with Crippen LogP contribution in [0.3, 0.4) is 0 Å². The molecule has 30 heavy (non-hydrogen) atoms. The third kappa shape index (κ3) is 5.01. The first-order valence-corrected chi connectivity index (χ1v) is 11.0. The molecule has 2 N–H and O–H groups in total. The van der Waals surface area contributed by atoms with Crippen LogP contribution < -0.4 is 15.5 Å². The van der Waals surface area contributed by atoms with E-state index in [1.807, 2.05) is 13.0 Å². The van der Waals surface area contributed by atoms with Crippen molar-refractivity contribution in [3.8, 4) is 0 Å². The van der Waals surface area contributed by atoms with Gasteiger partial charge < -0.3 is 15.5 Å². The van der Waals surface area contributed by atoms with Crippen LogP contribution in [0, 0.1) is 12.7 Å². The molecule has 8 heteroatoms. The van der Waals surface area contributed by atoms with Gasteiger partial charge in [-0.15, -0.1) is 0 Å². The minimum Gasteiger partial charge on any atom is -0.367 e. The Labute approximate surface area is 181 Å². The number of nitrogens with zero attached hydrogens (tertiary/aromatic N) is 3. The highest BCUT2D eigenvalue weighted by atomic mass is 35.5. The lowest BCUT2D eigenvalue weighted by molar-refractivity contribution is 0.0926. The van der Waals surface area contributed by atoms with Gasteiger partial charge in [0.1, 0.15) is 23.3 Å². The Balaban J connectivity index is 1.30. The lowest BCUT2D eigenvalue weighted by Crippen LogP contribution is -2.40. The molecule has 1 aliphatic heterocycles. The summed E-state index contributed by atoms with van der Waals surface area (Å²) in [4.78, 5) is 23.9. The number of aryl methyl sites for hydroxylation is 1. The predicted octanol–water partition coefficient (Wildman–Crippen LogP) is 4.33. The minimum atomic E-state index is -0.521. The number of hydrogen-bond acceptors (Lipinski definition) is 5. The zero-order valence-corrected chi connectivity index (χ0v) is 17.9. The summed E-state index contributed by atoms with van der Waals surface area (Å²) in [5.41, 5.74) is 0.382. The molecule has 2 aliphatic rings. The van der Waals surface area contributed by atoms with E-state index < -0.39 is 5.82 Å². The Morgan fingerprint density at radius 1 is 1.10 bits per heavy atom. The van der Waals surface area contributed by atoms with Gasteiger partial charge in [0, 0.05) is 36.8 Å². The van der Waals surface area contributed by atoms with E-state index in [0.717, 1.165) is 56.2 Å². The molecule has 2 fully saturated rings. The molecular weight excluding hydrogens is 405 g/mol. The lowest BCUT2D eigenvalue weighted by atomic mass is 9.91. The number of aromatic nitrogens is 2. The SMILES string of the molecule is Cc1nc(NC2CCC(NC(=O)c3ccc(F)c(Cl)c3)CC2)cc(N2CCCC2)n1. The van der Waals surface area contributed by atoms with Crippen molar-refractivity contribution in [3.05, 3.63) is 46.5 Å². The second-order valence-corrected chi connectivity index (χ2v) is 8.56. The van der Waals surface area contributed by atoms with Crippen LogP contribution in [0.1, 0.15) is 54.7 Å². The highest BCUT2D eigenvalue weighted by Crippen LogP contribution is 2.25. The number of rotatable bonds is 5. The van der Waals surface area contributed by atoms with E-state index in [9.17, 15) is 9.18 Å². The molecule has 0 unspecified atom stereocenters. The maximum absolute atomic E-state index is 13.3. The molecule has 0 spiro atoms. The summed E-state index contributed by atoms with van der Waals surface area (Å²) in [7, 11) is 0. The second kappa shape index (κ2) is 9.16. The molecule has 1 aromatic carbocycles. The fraction of sp³-hybridized carbons (Fsp3) is 0.500. The molecule has 2 aromatic rings. The average molecular weight is 432 g/mol. The third-order valence-electron chi connectivity index (χ3n) is 5.85. The van der Waals surface area contributed by atoms with Crippen LogP contribution in [0.2, 0.25) is 5.02 Å². The summed E-state index contributed by atoms with van der Waals surface area (Å²) in [5, 5.41) is 6.56. The molecule has 1 aliphatic carbocycles. The van der Waals surface area contributed by atoms with E-state index in [4.69, 9.17) is 11.6 Å². The standard InChI is InChI=1S/C22H27ClFN5O/c1-14-25-20(13-21(26-14)29-10-2-3-11-29)27-16-5-7-17(8-6-16)28-22(30)15-4-9-19(24)18(23)12-15/h4,9,12-13,16-17H,2-3,5-8,10-11H2,1H3,(H,28,30)(H,25,26,27). The summed E-state index contributed by atoms with van der Waals surface area (Å²) in [5.74, 6) is 1.92. The predicted molar refractivity (Wildman–Crippen MR) is 117 cm³/mol. The van der Waals surface area contributed by atoms with Crippen molar-refractivity contribution in [1.29, 1.82) is 0 Å². The van der Waals surface area contributed by atoms with Gasteiger partial charge in [0.2, 0.25) is 0 Å². The summed E-state index contributed by atoms with van der Waals surface area (Å²) in [6.07, 6.45) is 6.06. The molecule has 1 saturated heterocycles.